The lowest BCUT2D eigenvalue weighted by atomic mass is 9.97. The van der Waals surface area contributed by atoms with Crippen molar-refractivity contribution >= 4 is 27.6 Å². The van der Waals surface area contributed by atoms with Crippen LogP contribution in [0.3, 0.4) is 0 Å². The molecule has 0 bridgehead atoms. The van der Waals surface area contributed by atoms with Crippen molar-refractivity contribution in [2.24, 2.45) is 0 Å². The summed E-state index contributed by atoms with van der Waals surface area (Å²) in [5, 5.41) is 0.721. The first-order chi connectivity index (χ1) is 13.0. The lowest BCUT2D eigenvalue weighted by molar-refractivity contribution is 0.103. The standard InChI is InChI=1S/C19H16F2N2O3S/c20-15-10-13(4-2-8-23-27(25)26)18(21)16(11-15)19(24)14-5-6-17-12(9-14)3-1-7-22-17/h1,3,5-7,9-11,27H,2,4,8H2,(H,23,25,26). The lowest BCUT2D eigenvalue weighted by Gasteiger charge is -2.09. The number of ketones is 1. The lowest BCUT2D eigenvalue weighted by Crippen LogP contribution is -2.14. The fourth-order valence-corrected chi connectivity index (χ4v) is 3.16. The number of thiol groups is 1. The van der Waals surface area contributed by atoms with Gasteiger partial charge in [0.1, 0.15) is 11.6 Å². The van der Waals surface area contributed by atoms with E-state index in [0.717, 1.165) is 17.5 Å². The van der Waals surface area contributed by atoms with Crippen LogP contribution < -0.4 is 4.72 Å². The number of benzene rings is 2. The van der Waals surface area contributed by atoms with Crippen molar-refractivity contribution in [2.45, 2.75) is 12.8 Å². The minimum atomic E-state index is -2.73. The van der Waals surface area contributed by atoms with Gasteiger partial charge in [0.25, 0.3) is 0 Å². The third-order valence-electron chi connectivity index (χ3n) is 4.09. The Labute approximate surface area is 156 Å². The second-order valence-corrected chi connectivity index (χ2v) is 6.77. The fraction of sp³-hybridized carbons (Fsp3) is 0.158. The first kappa shape index (κ1) is 19.1. The summed E-state index contributed by atoms with van der Waals surface area (Å²) in [5.74, 6) is -2.14. The van der Waals surface area contributed by atoms with Crippen LogP contribution in [0.1, 0.15) is 27.9 Å². The summed E-state index contributed by atoms with van der Waals surface area (Å²) in [6.07, 6.45) is 2.00. The van der Waals surface area contributed by atoms with Crippen molar-refractivity contribution in [3.05, 3.63) is 77.0 Å². The van der Waals surface area contributed by atoms with Gasteiger partial charge in [-0.05, 0) is 54.8 Å². The average Bonchev–Trinajstić information content (AvgIpc) is 2.66. The number of nitrogens with one attached hydrogen (secondary N) is 1. The molecule has 3 aromatic rings. The van der Waals surface area contributed by atoms with Crippen LogP contribution in [-0.2, 0) is 17.3 Å². The molecule has 5 nitrogen and oxygen atoms in total. The number of nitrogens with zero attached hydrogens (tertiary/aromatic N) is 1. The highest BCUT2D eigenvalue weighted by Crippen LogP contribution is 2.22. The highest BCUT2D eigenvalue weighted by Gasteiger charge is 2.19. The number of halogens is 2. The van der Waals surface area contributed by atoms with E-state index in [1.54, 1.807) is 30.5 Å². The van der Waals surface area contributed by atoms with Gasteiger partial charge in [0, 0.05) is 23.7 Å². The summed E-state index contributed by atoms with van der Waals surface area (Å²) in [5.41, 5.74) is 0.606. The molecule has 1 N–H and O–H groups in total. The van der Waals surface area contributed by atoms with Gasteiger partial charge >= 0.3 is 0 Å². The molecule has 3 rings (SSSR count). The minimum absolute atomic E-state index is 0.0312. The van der Waals surface area contributed by atoms with Crippen LogP contribution in [0.5, 0.6) is 0 Å². The van der Waals surface area contributed by atoms with E-state index in [1.165, 1.54) is 6.07 Å². The zero-order chi connectivity index (χ0) is 19.4. The number of hydrogen-bond acceptors (Lipinski definition) is 4. The fourth-order valence-electron chi connectivity index (χ4n) is 2.81. The van der Waals surface area contributed by atoms with Crippen molar-refractivity contribution in [3.63, 3.8) is 0 Å². The third-order valence-corrected chi connectivity index (χ3v) is 4.57. The number of aromatic nitrogens is 1. The van der Waals surface area contributed by atoms with Gasteiger partial charge in [0.15, 0.2) is 5.78 Å². The van der Waals surface area contributed by atoms with E-state index in [9.17, 15) is 22.0 Å². The van der Waals surface area contributed by atoms with E-state index in [4.69, 9.17) is 0 Å². The van der Waals surface area contributed by atoms with E-state index in [-0.39, 0.29) is 36.1 Å². The van der Waals surface area contributed by atoms with E-state index in [1.807, 2.05) is 0 Å². The molecular formula is C19H16F2N2O3S. The zero-order valence-electron chi connectivity index (χ0n) is 14.1. The molecule has 0 atom stereocenters. The van der Waals surface area contributed by atoms with Crippen molar-refractivity contribution in [3.8, 4) is 0 Å². The average molecular weight is 390 g/mol. The third kappa shape index (κ3) is 4.53. The second kappa shape index (κ2) is 8.32. The van der Waals surface area contributed by atoms with Gasteiger partial charge in [-0.3, -0.25) is 9.78 Å². The van der Waals surface area contributed by atoms with Crippen molar-refractivity contribution < 1.29 is 22.0 Å². The Balaban J connectivity index is 1.89. The summed E-state index contributed by atoms with van der Waals surface area (Å²) in [4.78, 5) is 16.9. The molecule has 0 spiro atoms. The molecule has 27 heavy (non-hydrogen) atoms. The molecule has 0 saturated carbocycles. The molecular weight excluding hydrogens is 374 g/mol. The summed E-state index contributed by atoms with van der Waals surface area (Å²) >= 11 is 0. The molecule has 0 aliphatic heterocycles. The Morgan fingerprint density at radius 1 is 1.11 bits per heavy atom. The van der Waals surface area contributed by atoms with Gasteiger partial charge in [0.05, 0.1) is 11.1 Å². The van der Waals surface area contributed by atoms with Gasteiger partial charge in [-0.1, -0.05) is 6.07 Å². The van der Waals surface area contributed by atoms with Gasteiger partial charge in [-0.2, -0.15) is 0 Å². The number of hydrogen-bond donors (Lipinski definition) is 2. The van der Waals surface area contributed by atoms with Crippen LogP contribution >= 0.6 is 0 Å². The largest absolute Gasteiger partial charge is 0.288 e. The van der Waals surface area contributed by atoms with E-state index in [0.29, 0.717) is 5.52 Å². The van der Waals surface area contributed by atoms with Crippen molar-refractivity contribution in [1.82, 2.24) is 9.71 Å². The SMILES string of the molecule is O=C(c1ccc2ncccc2c1)c1cc(F)cc(CCCN[SH](=O)=O)c1F. The first-order valence-corrected chi connectivity index (χ1v) is 9.39. The van der Waals surface area contributed by atoms with Gasteiger partial charge in [-0.25, -0.2) is 21.9 Å². The highest BCUT2D eigenvalue weighted by atomic mass is 32.2. The maximum absolute atomic E-state index is 14.7. The maximum Gasteiger partial charge on any atom is 0.201 e. The van der Waals surface area contributed by atoms with Crippen LogP contribution in [0, 0.1) is 11.6 Å². The maximum atomic E-state index is 14.7. The van der Waals surface area contributed by atoms with Crippen LogP contribution in [-0.4, -0.2) is 25.7 Å². The number of rotatable bonds is 7. The minimum Gasteiger partial charge on any atom is -0.288 e. The van der Waals surface area contributed by atoms with Crippen LogP contribution in [0.25, 0.3) is 10.9 Å². The van der Waals surface area contributed by atoms with Crippen LogP contribution in [0.4, 0.5) is 8.78 Å². The number of carbonyl (C=O) groups excluding carboxylic acids is 1. The molecule has 0 aliphatic carbocycles. The molecule has 0 amide bonds. The molecule has 0 fully saturated rings. The number of aryl methyl sites for hydroxylation is 1. The second-order valence-electron chi connectivity index (χ2n) is 5.94. The number of pyridine rings is 1. The molecule has 1 heterocycles. The number of carbonyl (C=O) groups is 1. The van der Waals surface area contributed by atoms with E-state index >= 15 is 0 Å². The van der Waals surface area contributed by atoms with Crippen LogP contribution in [0.15, 0.2) is 48.7 Å². The summed E-state index contributed by atoms with van der Waals surface area (Å²) < 4.78 is 51.8. The predicted octanol–water partition coefficient (Wildman–Crippen LogP) is 2.79. The predicted molar refractivity (Wildman–Crippen MR) is 98.2 cm³/mol. The van der Waals surface area contributed by atoms with E-state index in [2.05, 4.69) is 9.71 Å². The topological polar surface area (TPSA) is 76.1 Å². The molecule has 0 saturated heterocycles. The quantitative estimate of drug-likeness (QED) is 0.370. The van der Waals surface area contributed by atoms with Gasteiger partial charge in [-0.15, -0.1) is 0 Å². The zero-order valence-corrected chi connectivity index (χ0v) is 15.0. The van der Waals surface area contributed by atoms with Crippen LogP contribution in [0.2, 0.25) is 0 Å². The monoisotopic (exact) mass is 390 g/mol. The van der Waals surface area contributed by atoms with E-state index < -0.39 is 28.3 Å². The highest BCUT2D eigenvalue weighted by molar-refractivity contribution is 7.70. The molecule has 0 aliphatic rings. The molecule has 140 valence electrons. The molecule has 1 aromatic heterocycles. The summed E-state index contributed by atoms with van der Waals surface area (Å²) in [7, 11) is -2.73. The molecule has 8 heteroatoms. The Hall–Kier alpha value is -2.71. The van der Waals surface area contributed by atoms with Crippen molar-refractivity contribution in [1.29, 1.82) is 0 Å². The Kier molecular flexibility index (Phi) is 5.88. The Morgan fingerprint density at radius 2 is 1.93 bits per heavy atom. The number of fused-ring (bicyclic) bond motifs is 1. The van der Waals surface area contributed by atoms with Crippen molar-refractivity contribution in [2.75, 3.05) is 6.54 Å². The Morgan fingerprint density at radius 3 is 2.70 bits per heavy atom. The molecule has 0 radical (unpaired) electrons. The smallest absolute Gasteiger partial charge is 0.201 e. The summed E-state index contributed by atoms with van der Waals surface area (Å²) in [6.45, 7) is 0.107. The van der Waals surface area contributed by atoms with Gasteiger partial charge in [0.2, 0.25) is 10.9 Å². The summed E-state index contributed by atoms with van der Waals surface area (Å²) in [6, 6.07) is 10.2. The first-order valence-electron chi connectivity index (χ1n) is 8.21. The molecule has 2 aromatic carbocycles. The Bertz CT molecular complexity index is 1080. The van der Waals surface area contributed by atoms with Gasteiger partial charge < -0.3 is 0 Å². The molecule has 0 unspecified atom stereocenters. The normalized spacial score (nSPS) is 11.2.